The van der Waals surface area contributed by atoms with E-state index in [1.165, 1.54) is 13.0 Å². The van der Waals surface area contributed by atoms with Gasteiger partial charge in [-0.05, 0) is 49.8 Å². The van der Waals surface area contributed by atoms with Crippen LogP contribution in [0.4, 0.5) is 20.4 Å². The fraction of sp³-hybridized carbons (Fsp3) is 0.290. The Bertz CT molecular complexity index is 1770. The lowest BCUT2D eigenvalue weighted by atomic mass is 10.0. The largest absolute Gasteiger partial charge is 0.481 e. The number of carbonyl (C=O) groups is 3. The molecule has 0 aliphatic rings. The van der Waals surface area contributed by atoms with Crippen LogP contribution in [0, 0.1) is 6.92 Å². The Morgan fingerprint density at radius 3 is 2.39 bits per heavy atom. The Hall–Kier alpha value is -5.28. The molecule has 6 N–H and O–H groups in total. The van der Waals surface area contributed by atoms with Crippen LogP contribution in [0.2, 0.25) is 0 Å². The number of aromatic nitrogens is 3. The molecule has 0 saturated carbocycles. The summed E-state index contributed by atoms with van der Waals surface area (Å²) in [7, 11) is 0. The van der Waals surface area contributed by atoms with Crippen LogP contribution < -0.4 is 21.5 Å². The van der Waals surface area contributed by atoms with E-state index in [1.807, 2.05) is 0 Å². The van der Waals surface area contributed by atoms with Gasteiger partial charge in [0.2, 0.25) is 17.8 Å². The SMILES string of the molecule is C=C/C(F)=C(\C(F)=C/C)n1c(=O)ccc2c(-c3cc(NC(=O)CCNC(=O)CCC(=O)O)ccc3C)nc(NC(CO)CO)nc21. The fourth-order valence-corrected chi connectivity index (χ4v) is 4.30. The molecule has 2 aromatic heterocycles. The van der Waals surface area contributed by atoms with Gasteiger partial charge >= 0.3 is 5.97 Å². The lowest BCUT2D eigenvalue weighted by Gasteiger charge is -2.19. The van der Waals surface area contributed by atoms with Gasteiger partial charge in [-0.3, -0.25) is 23.7 Å². The number of hydrogen-bond donors (Lipinski definition) is 6. The van der Waals surface area contributed by atoms with E-state index in [0.717, 1.165) is 22.8 Å². The maximum Gasteiger partial charge on any atom is 0.303 e. The Labute approximate surface area is 262 Å². The van der Waals surface area contributed by atoms with Crippen LogP contribution in [-0.2, 0) is 14.4 Å². The number of nitrogens with zero attached hydrogens (tertiary/aromatic N) is 3. The highest BCUT2D eigenvalue weighted by Crippen LogP contribution is 2.33. The van der Waals surface area contributed by atoms with Crippen molar-refractivity contribution in [3.05, 3.63) is 76.6 Å². The average molecular weight is 641 g/mol. The summed E-state index contributed by atoms with van der Waals surface area (Å²) in [5.74, 6) is -4.45. The molecule has 1 aromatic carbocycles. The van der Waals surface area contributed by atoms with E-state index in [1.54, 1.807) is 25.1 Å². The van der Waals surface area contributed by atoms with Crippen LogP contribution in [0.25, 0.3) is 28.0 Å². The molecule has 3 rings (SSSR count). The van der Waals surface area contributed by atoms with E-state index in [2.05, 4.69) is 32.5 Å². The van der Waals surface area contributed by atoms with Crippen molar-refractivity contribution in [3.8, 4) is 11.3 Å². The molecule has 0 radical (unpaired) electrons. The number of aryl methyl sites for hydroxylation is 1. The van der Waals surface area contributed by atoms with Crippen molar-refractivity contribution >= 4 is 46.1 Å². The zero-order chi connectivity index (χ0) is 34.0. The number of hydrogen-bond acceptors (Lipinski definition) is 9. The number of amides is 2. The molecule has 2 amide bonds. The van der Waals surface area contributed by atoms with Crippen molar-refractivity contribution < 1.29 is 38.5 Å². The summed E-state index contributed by atoms with van der Waals surface area (Å²) >= 11 is 0. The minimum atomic E-state index is -1.14. The van der Waals surface area contributed by atoms with Gasteiger partial charge in [0.15, 0.2) is 5.65 Å². The molecule has 0 atom stereocenters. The van der Waals surface area contributed by atoms with Gasteiger partial charge in [0.1, 0.15) is 17.4 Å². The third kappa shape index (κ3) is 8.67. The molecule has 0 bridgehead atoms. The second-order valence-corrected chi connectivity index (χ2v) is 9.96. The van der Waals surface area contributed by atoms with Gasteiger partial charge in [0.25, 0.3) is 5.56 Å². The molecular weight excluding hydrogens is 606 g/mol. The Morgan fingerprint density at radius 2 is 1.76 bits per heavy atom. The van der Waals surface area contributed by atoms with Crippen molar-refractivity contribution in [2.75, 3.05) is 30.4 Å². The lowest BCUT2D eigenvalue weighted by molar-refractivity contribution is -0.138. The standard InChI is InChI=1S/C31H34F2N6O7/c1-4-22(32)29(23(33)5-2)39-26(44)10-8-20-28(37-31(38-30(20)39)36-19(15-40)16-41)21-14-18(7-6-17(21)3)35-25(43)12-13-34-24(42)9-11-27(45)46/h4-8,10,14,19,40-41H,1,9,11-13,15-16H2,2-3H3,(H,34,42)(H,35,43)(H,45,46)(H,36,37,38)/b23-5+,29-22-. The van der Waals surface area contributed by atoms with Gasteiger partial charge in [-0.25, -0.2) is 13.8 Å². The zero-order valence-corrected chi connectivity index (χ0v) is 25.1. The number of benzene rings is 1. The highest BCUT2D eigenvalue weighted by molar-refractivity contribution is 5.96. The van der Waals surface area contributed by atoms with Crippen LogP contribution in [0.1, 0.15) is 31.7 Å². The van der Waals surface area contributed by atoms with E-state index < -0.39 is 59.9 Å². The highest BCUT2D eigenvalue weighted by atomic mass is 19.1. The number of allylic oxidation sites excluding steroid dienone is 5. The third-order valence-electron chi connectivity index (χ3n) is 6.65. The first-order valence-electron chi connectivity index (χ1n) is 14.1. The van der Waals surface area contributed by atoms with E-state index in [0.29, 0.717) is 16.8 Å². The first kappa shape index (κ1) is 35.2. The Balaban J connectivity index is 2.13. The Morgan fingerprint density at radius 1 is 1.04 bits per heavy atom. The molecule has 3 aromatic rings. The van der Waals surface area contributed by atoms with Gasteiger partial charge < -0.3 is 31.3 Å². The summed E-state index contributed by atoms with van der Waals surface area (Å²) in [5, 5.41) is 36.1. The van der Waals surface area contributed by atoms with Crippen molar-refractivity contribution in [1.82, 2.24) is 19.9 Å². The second-order valence-electron chi connectivity index (χ2n) is 9.96. The molecule has 0 saturated heterocycles. The number of carboxylic acids is 1. The number of carbonyl (C=O) groups excluding carboxylic acids is 2. The molecule has 46 heavy (non-hydrogen) atoms. The molecule has 0 spiro atoms. The van der Waals surface area contributed by atoms with Crippen LogP contribution >= 0.6 is 0 Å². The maximum absolute atomic E-state index is 15.1. The average Bonchev–Trinajstić information content (AvgIpc) is 3.03. The normalized spacial score (nSPS) is 12.1. The molecule has 0 unspecified atom stereocenters. The number of aliphatic carboxylic acids is 1. The lowest BCUT2D eigenvalue weighted by Crippen LogP contribution is -2.29. The smallest absolute Gasteiger partial charge is 0.303 e. The van der Waals surface area contributed by atoms with Crippen molar-refractivity contribution in [2.24, 2.45) is 0 Å². The van der Waals surface area contributed by atoms with Crippen molar-refractivity contribution in [2.45, 2.75) is 39.2 Å². The van der Waals surface area contributed by atoms with Crippen LogP contribution in [-0.4, -0.2) is 73.4 Å². The number of aliphatic hydroxyl groups excluding tert-OH is 2. The zero-order valence-electron chi connectivity index (χ0n) is 25.1. The van der Waals surface area contributed by atoms with Crippen LogP contribution in [0.5, 0.6) is 0 Å². The molecule has 13 nitrogen and oxygen atoms in total. The number of aliphatic hydroxyl groups is 2. The van der Waals surface area contributed by atoms with E-state index in [-0.39, 0.29) is 48.5 Å². The number of nitrogens with one attached hydrogen (secondary N) is 3. The molecule has 244 valence electrons. The molecule has 15 heteroatoms. The summed E-state index contributed by atoms with van der Waals surface area (Å²) < 4.78 is 30.8. The highest BCUT2D eigenvalue weighted by Gasteiger charge is 2.22. The predicted octanol–water partition coefficient (Wildman–Crippen LogP) is 3.04. The summed E-state index contributed by atoms with van der Waals surface area (Å²) in [4.78, 5) is 57.0. The topological polar surface area (TPSA) is 196 Å². The summed E-state index contributed by atoms with van der Waals surface area (Å²) in [6, 6.07) is 6.45. The Kier molecular flexibility index (Phi) is 12.4. The van der Waals surface area contributed by atoms with Crippen LogP contribution in [0.15, 0.2) is 65.5 Å². The van der Waals surface area contributed by atoms with Gasteiger partial charge in [0.05, 0.1) is 31.4 Å². The first-order valence-corrected chi connectivity index (χ1v) is 14.1. The number of pyridine rings is 1. The van der Waals surface area contributed by atoms with E-state index in [4.69, 9.17) is 5.11 Å². The van der Waals surface area contributed by atoms with Gasteiger partial charge in [0, 0.05) is 42.1 Å². The number of halogens is 2. The second kappa shape index (κ2) is 16.2. The van der Waals surface area contributed by atoms with Gasteiger partial charge in [-0.15, -0.1) is 0 Å². The monoisotopic (exact) mass is 640 g/mol. The molecular formula is C31H34F2N6O7. The van der Waals surface area contributed by atoms with Crippen molar-refractivity contribution in [1.29, 1.82) is 0 Å². The number of anilines is 2. The van der Waals surface area contributed by atoms with Crippen LogP contribution in [0.3, 0.4) is 0 Å². The number of fused-ring (bicyclic) bond motifs is 1. The third-order valence-corrected chi connectivity index (χ3v) is 6.65. The first-order chi connectivity index (χ1) is 21.9. The molecule has 0 fully saturated rings. The predicted molar refractivity (Wildman–Crippen MR) is 168 cm³/mol. The minimum absolute atomic E-state index is 0.0249. The quantitative estimate of drug-likeness (QED) is 0.134. The molecule has 0 aliphatic carbocycles. The molecule has 0 aliphatic heterocycles. The summed E-state index contributed by atoms with van der Waals surface area (Å²) in [6.07, 6.45) is 1.06. The number of rotatable bonds is 15. The van der Waals surface area contributed by atoms with Gasteiger partial charge in [-0.1, -0.05) is 12.6 Å². The summed E-state index contributed by atoms with van der Waals surface area (Å²) in [6.45, 7) is 5.36. The molecule has 2 heterocycles. The van der Waals surface area contributed by atoms with E-state index >= 15 is 8.78 Å². The number of carboxylic acid groups (broad SMARTS) is 1. The maximum atomic E-state index is 15.1. The minimum Gasteiger partial charge on any atom is -0.481 e. The van der Waals surface area contributed by atoms with Gasteiger partial charge in [-0.2, -0.15) is 4.98 Å². The van der Waals surface area contributed by atoms with E-state index in [9.17, 15) is 29.4 Å². The summed E-state index contributed by atoms with van der Waals surface area (Å²) in [5.41, 5.74) is -0.148. The van der Waals surface area contributed by atoms with Crippen molar-refractivity contribution in [3.63, 3.8) is 0 Å². The fourth-order valence-electron chi connectivity index (χ4n) is 4.30.